The second kappa shape index (κ2) is 11.4. The normalized spacial score (nSPS) is 14.7. The number of carbonyl (C=O) groups excluding carboxylic acids is 4. The first kappa shape index (κ1) is 25.4. The maximum Gasteiger partial charge on any atom is 0.311 e. The van der Waals surface area contributed by atoms with Gasteiger partial charge in [-0.15, -0.1) is 0 Å². The number of ketones is 1. The van der Waals surface area contributed by atoms with Crippen molar-refractivity contribution in [1.82, 2.24) is 0 Å². The summed E-state index contributed by atoms with van der Waals surface area (Å²) in [7, 11) is 1.59. The number of esters is 1. The standard InChI is InChI=1S/C28H26N2O7/c1-18(31)19-4-3-5-21(14-19)29-26(32)17-36-28(34)20-15-27(33)30(16-20)22-6-8-24(9-7-22)37-25-12-10-23(35-2)11-13-25/h3-14,20H,15-17H2,1-2H3,(H,29,32)/t20-/m0/s1. The van der Waals surface area contributed by atoms with Gasteiger partial charge in [0.25, 0.3) is 5.91 Å². The van der Waals surface area contributed by atoms with Crippen LogP contribution in [0, 0.1) is 5.92 Å². The summed E-state index contributed by atoms with van der Waals surface area (Å²) in [5.41, 5.74) is 1.51. The summed E-state index contributed by atoms with van der Waals surface area (Å²) in [4.78, 5) is 50.3. The van der Waals surface area contributed by atoms with Crippen LogP contribution in [-0.4, -0.2) is 43.8 Å². The summed E-state index contributed by atoms with van der Waals surface area (Å²) in [5, 5.41) is 2.59. The Morgan fingerprint density at radius 3 is 2.24 bits per heavy atom. The van der Waals surface area contributed by atoms with E-state index < -0.39 is 24.4 Å². The predicted octanol–water partition coefficient (Wildman–Crippen LogP) is 4.22. The lowest BCUT2D eigenvalue weighted by Crippen LogP contribution is -2.28. The molecule has 9 heteroatoms. The molecule has 9 nitrogen and oxygen atoms in total. The first-order valence-electron chi connectivity index (χ1n) is 11.6. The lowest BCUT2D eigenvalue weighted by molar-refractivity contribution is -0.151. The zero-order valence-electron chi connectivity index (χ0n) is 20.4. The van der Waals surface area contributed by atoms with Crippen LogP contribution in [0.4, 0.5) is 11.4 Å². The Balaban J connectivity index is 1.28. The van der Waals surface area contributed by atoms with E-state index in [-0.39, 0.29) is 24.7 Å². The van der Waals surface area contributed by atoms with Crippen molar-refractivity contribution in [3.63, 3.8) is 0 Å². The molecule has 0 spiro atoms. The zero-order chi connectivity index (χ0) is 26.4. The van der Waals surface area contributed by atoms with Crippen LogP contribution in [0.15, 0.2) is 72.8 Å². The molecule has 1 aliphatic rings. The van der Waals surface area contributed by atoms with E-state index in [0.29, 0.717) is 28.4 Å². The average molecular weight is 503 g/mol. The number of hydrogen-bond donors (Lipinski definition) is 1. The van der Waals surface area contributed by atoms with Crippen molar-refractivity contribution in [3.8, 4) is 17.2 Å². The van der Waals surface area contributed by atoms with Crippen molar-refractivity contribution in [3.05, 3.63) is 78.4 Å². The van der Waals surface area contributed by atoms with Gasteiger partial charge in [-0.3, -0.25) is 19.2 Å². The first-order valence-corrected chi connectivity index (χ1v) is 11.6. The minimum absolute atomic E-state index is 0.00872. The molecule has 3 aromatic rings. The number of rotatable bonds is 9. The molecule has 37 heavy (non-hydrogen) atoms. The molecule has 0 aliphatic carbocycles. The summed E-state index contributed by atoms with van der Waals surface area (Å²) >= 11 is 0. The van der Waals surface area contributed by atoms with E-state index >= 15 is 0 Å². The largest absolute Gasteiger partial charge is 0.497 e. The summed E-state index contributed by atoms with van der Waals surface area (Å²) in [6.07, 6.45) is -0.00872. The molecule has 1 fully saturated rings. The molecule has 0 radical (unpaired) electrons. The highest BCUT2D eigenvalue weighted by atomic mass is 16.5. The molecule has 1 aliphatic heterocycles. The van der Waals surface area contributed by atoms with E-state index in [4.69, 9.17) is 14.2 Å². The SMILES string of the molecule is COc1ccc(Oc2ccc(N3C[C@@H](C(=O)OCC(=O)Nc4cccc(C(C)=O)c4)CC3=O)cc2)cc1. The molecule has 190 valence electrons. The first-order chi connectivity index (χ1) is 17.8. The van der Waals surface area contributed by atoms with Crippen molar-refractivity contribution >= 4 is 34.9 Å². The molecule has 1 N–H and O–H groups in total. The van der Waals surface area contributed by atoms with E-state index in [1.54, 1.807) is 79.9 Å². The fourth-order valence-electron chi connectivity index (χ4n) is 3.86. The summed E-state index contributed by atoms with van der Waals surface area (Å²) < 4.78 is 16.1. The summed E-state index contributed by atoms with van der Waals surface area (Å²) in [6, 6.07) is 20.6. The predicted molar refractivity (Wildman–Crippen MR) is 136 cm³/mol. The van der Waals surface area contributed by atoms with Crippen molar-refractivity contribution in [2.45, 2.75) is 13.3 Å². The molecule has 0 aromatic heterocycles. The molecule has 2 amide bonds. The summed E-state index contributed by atoms with van der Waals surface area (Å²) in [5.74, 6) is -0.222. The maximum absolute atomic E-state index is 12.6. The highest BCUT2D eigenvalue weighted by Crippen LogP contribution is 2.29. The molecule has 1 saturated heterocycles. The van der Waals surface area contributed by atoms with Gasteiger partial charge in [-0.1, -0.05) is 12.1 Å². The Kier molecular flexibility index (Phi) is 7.83. The molecule has 0 bridgehead atoms. The van der Waals surface area contributed by atoms with Crippen LogP contribution in [0.3, 0.4) is 0 Å². The number of ether oxygens (including phenoxy) is 3. The lowest BCUT2D eigenvalue weighted by Gasteiger charge is -2.17. The topological polar surface area (TPSA) is 111 Å². The van der Waals surface area contributed by atoms with Gasteiger partial charge in [0, 0.05) is 29.9 Å². The molecular formula is C28H26N2O7. The number of anilines is 2. The van der Waals surface area contributed by atoms with E-state index in [1.165, 1.54) is 11.8 Å². The van der Waals surface area contributed by atoms with Crippen LogP contribution in [0.25, 0.3) is 0 Å². The van der Waals surface area contributed by atoms with Crippen LogP contribution in [0.5, 0.6) is 17.2 Å². The number of nitrogens with one attached hydrogen (secondary N) is 1. The van der Waals surface area contributed by atoms with E-state index in [0.717, 1.165) is 5.75 Å². The fraction of sp³-hybridized carbons (Fsp3) is 0.214. The van der Waals surface area contributed by atoms with Crippen molar-refractivity contribution in [2.75, 3.05) is 30.5 Å². The van der Waals surface area contributed by atoms with Crippen molar-refractivity contribution in [1.29, 1.82) is 0 Å². The second-order valence-electron chi connectivity index (χ2n) is 8.47. The lowest BCUT2D eigenvalue weighted by atomic mass is 10.1. The molecule has 1 heterocycles. The minimum Gasteiger partial charge on any atom is -0.497 e. The Morgan fingerprint density at radius 2 is 1.59 bits per heavy atom. The fourth-order valence-corrected chi connectivity index (χ4v) is 3.86. The smallest absolute Gasteiger partial charge is 0.311 e. The second-order valence-corrected chi connectivity index (χ2v) is 8.47. The van der Waals surface area contributed by atoms with Gasteiger partial charge in [-0.05, 0) is 67.6 Å². The van der Waals surface area contributed by atoms with Gasteiger partial charge in [-0.25, -0.2) is 0 Å². The van der Waals surface area contributed by atoms with Gasteiger partial charge in [0.05, 0.1) is 13.0 Å². The highest BCUT2D eigenvalue weighted by Gasteiger charge is 2.36. The number of carbonyl (C=O) groups is 4. The van der Waals surface area contributed by atoms with Crippen LogP contribution in [0.2, 0.25) is 0 Å². The number of methoxy groups -OCH3 is 1. The third-order valence-corrected chi connectivity index (χ3v) is 5.80. The van der Waals surface area contributed by atoms with Crippen molar-refractivity contribution in [2.24, 2.45) is 5.92 Å². The zero-order valence-corrected chi connectivity index (χ0v) is 20.4. The molecule has 4 rings (SSSR count). The number of hydrogen-bond acceptors (Lipinski definition) is 7. The van der Waals surface area contributed by atoms with Crippen LogP contribution in [-0.2, 0) is 19.1 Å². The monoisotopic (exact) mass is 502 g/mol. The van der Waals surface area contributed by atoms with Gasteiger partial charge >= 0.3 is 5.97 Å². The Morgan fingerprint density at radius 1 is 0.946 bits per heavy atom. The van der Waals surface area contributed by atoms with E-state index in [9.17, 15) is 19.2 Å². The number of nitrogens with zero attached hydrogens (tertiary/aromatic N) is 1. The molecular weight excluding hydrogens is 476 g/mol. The van der Waals surface area contributed by atoms with Gasteiger partial charge in [0.2, 0.25) is 5.91 Å². The molecule has 1 atom stereocenters. The number of benzene rings is 3. The highest BCUT2D eigenvalue weighted by molar-refractivity contribution is 6.00. The van der Waals surface area contributed by atoms with Crippen LogP contribution in [0.1, 0.15) is 23.7 Å². The van der Waals surface area contributed by atoms with Gasteiger partial charge in [0.15, 0.2) is 12.4 Å². The Bertz CT molecular complexity index is 1300. The molecule has 0 saturated carbocycles. The molecule has 0 unspecified atom stereocenters. The van der Waals surface area contributed by atoms with Crippen molar-refractivity contribution < 1.29 is 33.4 Å². The van der Waals surface area contributed by atoms with Gasteiger partial charge < -0.3 is 24.4 Å². The third-order valence-electron chi connectivity index (χ3n) is 5.80. The Labute approximate surface area is 213 Å². The van der Waals surface area contributed by atoms with Gasteiger partial charge in [-0.2, -0.15) is 0 Å². The number of Topliss-reactive ketones (excluding diaryl/α,β-unsaturated/α-hetero) is 1. The quantitative estimate of drug-likeness (QED) is 0.344. The van der Waals surface area contributed by atoms with Crippen LogP contribution < -0.4 is 19.7 Å². The average Bonchev–Trinajstić information content (AvgIpc) is 3.30. The van der Waals surface area contributed by atoms with Crippen LogP contribution >= 0.6 is 0 Å². The van der Waals surface area contributed by atoms with Gasteiger partial charge in [0.1, 0.15) is 17.2 Å². The van der Waals surface area contributed by atoms with E-state index in [1.807, 2.05) is 0 Å². The van der Waals surface area contributed by atoms with E-state index in [2.05, 4.69) is 5.32 Å². The minimum atomic E-state index is -0.684. The maximum atomic E-state index is 12.6. The Hall–Kier alpha value is -4.66. The number of amides is 2. The third kappa shape index (κ3) is 6.52. The molecule has 3 aromatic carbocycles. The summed E-state index contributed by atoms with van der Waals surface area (Å²) in [6.45, 7) is 1.09.